The van der Waals surface area contributed by atoms with Crippen LogP contribution in [0.5, 0.6) is 5.75 Å². The zero-order chi connectivity index (χ0) is 15.4. The quantitative estimate of drug-likeness (QED) is 0.892. The SMILES string of the molecule is CNC(Cc1ccccc1OC)Cc1c(C)nn(C)c1Cl. The molecule has 114 valence electrons. The average molecular weight is 308 g/mol. The summed E-state index contributed by atoms with van der Waals surface area (Å²) in [4.78, 5) is 0. The molecule has 1 heterocycles. The molecular formula is C16H22ClN3O. The summed E-state index contributed by atoms with van der Waals surface area (Å²) in [5.41, 5.74) is 3.29. The maximum Gasteiger partial charge on any atom is 0.130 e. The maximum absolute atomic E-state index is 6.32. The monoisotopic (exact) mass is 307 g/mol. The predicted molar refractivity (Wildman–Crippen MR) is 86.2 cm³/mol. The van der Waals surface area contributed by atoms with Gasteiger partial charge in [0.05, 0.1) is 12.8 Å². The van der Waals surface area contributed by atoms with E-state index in [0.717, 1.165) is 29.8 Å². The third kappa shape index (κ3) is 3.57. The number of ether oxygens (including phenoxy) is 1. The zero-order valence-electron chi connectivity index (χ0n) is 13.0. The number of para-hydroxylation sites is 1. The lowest BCUT2D eigenvalue weighted by Crippen LogP contribution is -2.30. The fraction of sp³-hybridized carbons (Fsp3) is 0.438. The number of nitrogens with zero attached hydrogens (tertiary/aromatic N) is 2. The van der Waals surface area contributed by atoms with E-state index in [4.69, 9.17) is 16.3 Å². The standard InChI is InChI=1S/C16H22ClN3O/c1-11-14(16(17)20(3)19-11)10-13(18-2)9-12-7-5-6-8-15(12)21-4/h5-8,13,18H,9-10H2,1-4H3. The Balaban J connectivity index is 2.17. The van der Waals surface area contributed by atoms with Crippen LogP contribution in [0.15, 0.2) is 24.3 Å². The molecule has 0 radical (unpaired) electrons. The Kier molecular flexibility index (Phi) is 5.26. The molecule has 0 bridgehead atoms. The largest absolute Gasteiger partial charge is 0.496 e. The van der Waals surface area contributed by atoms with E-state index in [2.05, 4.69) is 16.5 Å². The predicted octanol–water partition coefficient (Wildman–Crippen LogP) is 2.76. The number of nitrogens with one attached hydrogen (secondary N) is 1. The van der Waals surface area contributed by atoms with Crippen molar-refractivity contribution >= 4 is 11.6 Å². The minimum absolute atomic E-state index is 0.279. The molecule has 2 aromatic rings. The van der Waals surface area contributed by atoms with Gasteiger partial charge in [-0.25, -0.2) is 0 Å². The van der Waals surface area contributed by atoms with E-state index < -0.39 is 0 Å². The number of likely N-dealkylation sites (N-methyl/N-ethyl adjacent to an activating group) is 1. The molecule has 0 spiro atoms. The fourth-order valence-corrected chi connectivity index (χ4v) is 2.82. The lowest BCUT2D eigenvalue weighted by Gasteiger charge is -2.18. The highest BCUT2D eigenvalue weighted by molar-refractivity contribution is 6.30. The van der Waals surface area contributed by atoms with Crippen LogP contribution < -0.4 is 10.1 Å². The van der Waals surface area contributed by atoms with Crippen LogP contribution in [0.3, 0.4) is 0 Å². The van der Waals surface area contributed by atoms with Crippen LogP contribution in [0.1, 0.15) is 16.8 Å². The van der Waals surface area contributed by atoms with Crippen molar-refractivity contribution < 1.29 is 4.74 Å². The molecule has 1 atom stereocenters. The van der Waals surface area contributed by atoms with Crippen molar-refractivity contribution in [2.45, 2.75) is 25.8 Å². The highest BCUT2D eigenvalue weighted by Crippen LogP contribution is 2.23. The minimum Gasteiger partial charge on any atom is -0.496 e. The van der Waals surface area contributed by atoms with Crippen molar-refractivity contribution in [1.29, 1.82) is 0 Å². The molecule has 21 heavy (non-hydrogen) atoms. The van der Waals surface area contributed by atoms with Crippen LogP contribution in [0.2, 0.25) is 5.15 Å². The van der Waals surface area contributed by atoms with Crippen molar-refractivity contribution in [3.63, 3.8) is 0 Å². The third-order valence-corrected chi connectivity index (χ3v) is 4.26. The van der Waals surface area contributed by atoms with E-state index in [1.165, 1.54) is 5.56 Å². The summed E-state index contributed by atoms with van der Waals surface area (Å²) < 4.78 is 7.15. The maximum atomic E-state index is 6.32. The summed E-state index contributed by atoms with van der Waals surface area (Å²) in [5, 5.41) is 8.45. The number of halogens is 1. The number of hydrogen-bond acceptors (Lipinski definition) is 3. The molecule has 5 heteroatoms. The first-order valence-corrected chi connectivity index (χ1v) is 7.41. The number of benzene rings is 1. The van der Waals surface area contributed by atoms with Crippen LogP contribution in [0.4, 0.5) is 0 Å². The van der Waals surface area contributed by atoms with Crippen LogP contribution >= 0.6 is 11.6 Å². The molecule has 0 amide bonds. The summed E-state index contributed by atoms with van der Waals surface area (Å²) in [6.07, 6.45) is 1.72. The zero-order valence-corrected chi connectivity index (χ0v) is 13.7. The first-order valence-electron chi connectivity index (χ1n) is 7.04. The van der Waals surface area contributed by atoms with Gasteiger partial charge in [0.2, 0.25) is 0 Å². The Morgan fingerprint density at radius 2 is 2.05 bits per heavy atom. The van der Waals surface area contributed by atoms with Crippen LogP contribution in [0.25, 0.3) is 0 Å². The molecule has 0 saturated carbocycles. The molecular weight excluding hydrogens is 286 g/mol. The highest BCUT2D eigenvalue weighted by Gasteiger charge is 2.17. The van der Waals surface area contributed by atoms with Crippen LogP contribution in [0, 0.1) is 6.92 Å². The number of methoxy groups -OCH3 is 1. The molecule has 2 rings (SSSR count). The second-order valence-electron chi connectivity index (χ2n) is 5.18. The summed E-state index contributed by atoms with van der Waals surface area (Å²) in [6, 6.07) is 8.39. The van der Waals surface area contributed by atoms with Crippen molar-refractivity contribution in [3.8, 4) is 5.75 Å². The van der Waals surface area contributed by atoms with E-state index >= 15 is 0 Å². The van der Waals surface area contributed by atoms with Gasteiger partial charge in [-0.1, -0.05) is 29.8 Å². The second kappa shape index (κ2) is 6.96. The second-order valence-corrected chi connectivity index (χ2v) is 5.54. The van der Waals surface area contributed by atoms with Gasteiger partial charge in [0, 0.05) is 18.7 Å². The van der Waals surface area contributed by atoms with Crippen molar-refractivity contribution in [2.75, 3.05) is 14.2 Å². The molecule has 0 saturated heterocycles. The molecule has 1 N–H and O–H groups in total. The molecule has 4 nitrogen and oxygen atoms in total. The minimum atomic E-state index is 0.279. The Labute approximate surface area is 131 Å². The Morgan fingerprint density at radius 1 is 1.33 bits per heavy atom. The number of aryl methyl sites for hydroxylation is 2. The first-order chi connectivity index (χ1) is 10.1. The molecule has 1 aromatic heterocycles. The lowest BCUT2D eigenvalue weighted by atomic mass is 9.99. The van der Waals surface area contributed by atoms with Crippen molar-refractivity contribution in [3.05, 3.63) is 46.2 Å². The topological polar surface area (TPSA) is 39.1 Å². The van der Waals surface area contributed by atoms with E-state index in [1.807, 2.05) is 39.2 Å². The third-order valence-electron chi connectivity index (χ3n) is 3.79. The average Bonchev–Trinajstić information content (AvgIpc) is 2.73. The smallest absolute Gasteiger partial charge is 0.130 e. The van der Waals surface area contributed by atoms with Crippen molar-refractivity contribution in [2.24, 2.45) is 7.05 Å². The van der Waals surface area contributed by atoms with Gasteiger partial charge < -0.3 is 10.1 Å². The van der Waals surface area contributed by atoms with Gasteiger partial charge in [0.25, 0.3) is 0 Å². The first kappa shape index (κ1) is 15.9. The summed E-state index contributed by atoms with van der Waals surface area (Å²) in [7, 11) is 5.54. The fourth-order valence-electron chi connectivity index (χ4n) is 2.57. The van der Waals surface area contributed by atoms with Gasteiger partial charge in [0.1, 0.15) is 10.9 Å². The Bertz CT molecular complexity index is 610. The molecule has 0 aliphatic carbocycles. The van der Waals surface area contributed by atoms with E-state index in [9.17, 15) is 0 Å². The highest BCUT2D eigenvalue weighted by atomic mass is 35.5. The van der Waals surface area contributed by atoms with Gasteiger partial charge in [-0.3, -0.25) is 4.68 Å². The summed E-state index contributed by atoms with van der Waals surface area (Å²) in [6.45, 7) is 2.00. The van der Waals surface area contributed by atoms with E-state index in [1.54, 1.807) is 11.8 Å². The summed E-state index contributed by atoms with van der Waals surface area (Å²) >= 11 is 6.32. The number of aromatic nitrogens is 2. The number of rotatable bonds is 6. The molecule has 0 aliphatic rings. The van der Waals surface area contributed by atoms with Crippen LogP contribution in [-0.2, 0) is 19.9 Å². The van der Waals surface area contributed by atoms with Crippen LogP contribution in [-0.4, -0.2) is 30.0 Å². The molecule has 1 unspecified atom stereocenters. The van der Waals surface area contributed by atoms with Gasteiger partial charge in [-0.05, 0) is 38.4 Å². The number of hydrogen-bond donors (Lipinski definition) is 1. The molecule has 1 aromatic carbocycles. The summed E-state index contributed by atoms with van der Waals surface area (Å²) in [5.74, 6) is 0.923. The normalized spacial score (nSPS) is 12.4. The van der Waals surface area contributed by atoms with Gasteiger partial charge >= 0.3 is 0 Å². The van der Waals surface area contributed by atoms with Gasteiger partial charge in [0.15, 0.2) is 0 Å². The van der Waals surface area contributed by atoms with E-state index in [-0.39, 0.29) is 6.04 Å². The Morgan fingerprint density at radius 3 is 2.62 bits per heavy atom. The van der Waals surface area contributed by atoms with Gasteiger partial charge in [-0.15, -0.1) is 0 Å². The molecule has 0 fully saturated rings. The van der Waals surface area contributed by atoms with Gasteiger partial charge in [-0.2, -0.15) is 5.10 Å². The van der Waals surface area contributed by atoms with E-state index in [0.29, 0.717) is 5.15 Å². The van der Waals surface area contributed by atoms with Crippen molar-refractivity contribution in [1.82, 2.24) is 15.1 Å². The lowest BCUT2D eigenvalue weighted by molar-refractivity contribution is 0.406. The molecule has 0 aliphatic heterocycles. The Hall–Kier alpha value is -1.52.